The van der Waals surface area contributed by atoms with Crippen LogP contribution in [0.3, 0.4) is 0 Å². The average Bonchev–Trinajstić information content (AvgIpc) is 2.56. The van der Waals surface area contributed by atoms with Gasteiger partial charge in [-0.15, -0.1) is 0 Å². The molecule has 0 aliphatic heterocycles. The number of hydrogen-bond acceptors (Lipinski definition) is 5. The third-order valence-electron chi connectivity index (χ3n) is 3.69. The van der Waals surface area contributed by atoms with Crippen molar-refractivity contribution in [2.45, 2.75) is 38.6 Å². The van der Waals surface area contributed by atoms with E-state index in [4.69, 9.17) is 5.11 Å². The summed E-state index contributed by atoms with van der Waals surface area (Å²) in [5.74, 6) is 0.570. The van der Waals surface area contributed by atoms with Crippen LogP contribution in [0.4, 0.5) is 11.5 Å². The van der Waals surface area contributed by atoms with E-state index in [2.05, 4.69) is 5.10 Å². The van der Waals surface area contributed by atoms with E-state index in [0.29, 0.717) is 30.5 Å². The SMILES string of the molecule is Cc1nn(C)c(N(CCCO)C2CCC2)c1[N+](=O)[O-]. The average molecular weight is 268 g/mol. The number of aromatic nitrogens is 2. The fraction of sp³-hybridized carbons (Fsp3) is 0.750. The lowest BCUT2D eigenvalue weighted by Gasteiger charge is -2.38. The van der Waals surface area contributed by atoms with Crippen molar-refractivity contribution in [3.8, 4) is 0 Å². The molecular weight excluding hydrogens is 248 g/mol. The molecule has 1 saturated carbocycles. The van der Waals surface area contributed by atoms with Crippen LogP contribution in [0.25, 0.3) is 0 Å². The van der Waals surface area contributed by atoms with Crippen molar-refractivity contribution in [3.63, 3.8) is 0 Å². The molecule has 106 valence electrons. The van der Waals surface area contributed by atoms with Crippen molar-refractivity contribution < 1.29 is 10.0 Å². The fourth-order valence-electron chi connectivity index (χ4n) is 2.57. The minimum absolute atomic E-state index is 0.0901. The molecule has 7 nitrogen and oxygen atoms in total. The van der Waals surface area contributed by atoms with E-state index >= 15 is 0 Å². The van der Waals surface area contributed by atoms with Crippen LogP contribution in [0.15, 0.2) is 0 Å². The zero-order valence-corrected chi connectivity index (χ0v) is 11.4. The summed E-state index contributed by atoms with van der Waals surface area (Å²) in [4.78, 5) is 12.9. The Morgan fingerprint density at radius 1 is 1.58 bits per heavy atom. The van der Waals surface area contributed by atoms with Gasteiger partial charge in [0.05, 0.1) is 4.92 Å². The van der Waals surface area contributed by atoms with Crippen molar-refractivity contribution >= 4 is 11.5 Å². The molecule has 19 heavy (non-hydrogen) atoms. The standard InChI is InChI=1S/C12H20N4O3/c1-9-11(16(18)19)12(14(2)13-9)15(7-4-8-17)10-5-3-6-10/h10,17H,3-8H2,1-2H3. The number of rotatable bonds is 6. The molecule has 1 aliphatic carbocycles. The number of aliphatic hydroxyl groups is 1. The molecule has 0 spiro atoms. The second-order valence-corrected chi connectivity index (χ2v) is 4.99. The van der Waals surface area contributed by atoms with Crippen LogP contribution in [0.1, 0.15) is 31.4 Å². The van der Waals surface area contributed by atoms with Gasteiger partial charge in [0.15, 0.2) is 0 Å². The summed E-state index contributed by atoms with van der Waals surface area (Å²) >= 11 is 0. The first-order chi connectivity index (χ1) is 9.06. The summed E-state index contributed by atoms with van der Waals surface area (Å²) < 4.78 is 1.59. The Bertz CT molecular complexity index is 468. The lowest BCUT2D eigenvalue weighted by Crippen LogP contribution is -2.42. The summed E-state index contributed by atoms with van der Waals surface area (Å²) in [6.45, 7) is 2.38. The molecule has 0 bridgehead atoms. The van der Waals surface area contributed by atoms with Crippen LogP contribution in [-0.2, 0) is 7.05 Å². The van der Waals surface area contributed by atoms with E-state index in [1.807, 2.05) is 4.90 Å². The quantitative estimate of drug-likeness (QED) is 0.622. The maximum Gasteiger partial charge on any atom is 0.333 e. The summed E-state index contributed by atoms with van der Waals surface area (Å²) in [5.41, 5.74) is 0.531. The first kappa shape index (κ1) is 13.8. The molecule has 1 aromatic rings. The Morgan fingerprint density at radius 2 is 2.26 bits per heavy atom. The van der Waals surface area contributed by atoms with Gasteiger partial charge in [0.25, 0.3) is 0 Å². The third-order valence-corrected chi connectivity index (χ3v) is 3.69. The molecule has 0 radical (unpaired) electrons. The lowest BCUT2D eigenvalue weighted by molar-refractivity contribution is -0.384. The number of hydrogen-bond donors (Lipinski definition) is 1. The zero-order valence-electron chi connectivity index (χ0n) is 11.4. The molecule has 0 amide bonds. The van der Waals surface area contributed by atoms with E-state index < -0.39 is 0 Å². The van der Waals surface area contributed by atoms with Crippen LogP contribution >= 0.6 is 0 Å². The van der Waals surface area contributed by atoms with E-state index in [0.717, 1.165) is 19.3 Å². The van der Waals surface area contributed by atoms with Gasteiger partial charge in [0.2, 0.25) is 5.82 Å². The molecule has 1 heterocycles. The van der Waals surface area contributed by atoms with Crippen molar-refractivity contribution in [2.24, 2.45) is 7.05 Å². The van der Waals surface area contributed by atoms with Crippen LogP contribution in [0, 0.1) is 17.0 Å². The normalized spacial score (nSPS) is 15.3. The third kappa shape index (κ3) is 2.56. The highest BCUT2D eigenvalue weighted by Gasteiger charge is 2.34. The van der Waals surface area contributed by atoms with Crippen molar-refractivity contribution in [1.29, 1.82) is 0 Å². The van der Waals surface area contributed by atoms with Gasteiger partial charge in [-0.25, -0.2) is 4.68 Å². The monoisotopic (exact) mass is 268 g/mol. The lowest BCUT2D eigenvalue weighted by atomic mass is 9.91. The highest BCUT2D eigenvalue weighted by molar-refractivity contribution is 5.62. The van der Waals surface area contributed by atoms with E-state index in [-0.39, 0.29) is 17.2 Å². The topological polar surface area (TPSA) is 84.4 Å². The first-order valence-electron chi connectivity index (χ1n) is 6.61. The summed E-state index contributed by atoms with van der Waals surface area (Å²) in [5, 5.41) is 24.4. The molecule has 0 unspecified atom stereocenters. The zero-order chi connectivity index (χ0) is 14.0. The largest absolute Gasteiger partial charge is 0.396 e. The van der Waals surface area contributed by atoms with Gasteiger partial charge in [-0.1, -0.05) is 0 Å². The van der Waals surface area contributed by atoms with E-state index in [1.54, 1.807) is 18.7 Å². The molecule has 0 aromatic carbocycles. The Morgan fingerprint density at radius 3 is 2.74 bits per heavy atom. The Balaban J connectivity index is 2.37. The van der Waals surface area contributed by atoms with Gasteiger partial charge < -0.3 is 10.0 Å². The highest BCUT2D eigenvalue weighted by Crippen LogP contribution is 2.36. The van der Waals surface area contributed by atoms with Gasteiger partial charge in [0.1, 0.15) is 5.69 Å². The van der Waals surface area contributed by atoms with Gasteiger partial charge in [0, 0.05) is 26.2 Å². The van der Waals surface area contributed by atoms with E-state index in [9.17, 15) is 10.1 Å². The minimum atomic E-state index is -0.359. The van der Waals surface area contributed by atoms with Crippen LogP contribution < -0.4 is 4.90 Å². The molecule has 1 aromatic heterocycles. The smallest absolute Gasteiger partial charge is 0.333 e. The van der Waals surface area contributed by atoms with Crippen molar-refractivity contribution in [3.05, 3.63) is 15.8 Å². The molecule has 1 aliphatic rings. The molecule has 0 atom stereocenters. The van der Waals surface area contributed by atoms with Crippen molar-refractivity contribution in [1.82, 2.24) is 9.78 Å². The fourth-order valence-corrected chi connectivity index (χ4v) is 2.57. The number of aliphatic hydroxyl groups excluding tert-OH is 1. The number of nitrogens with zero attached hydrogens (tertiary/aromatic N) is 4. The predicted octanol–water partition coefficient (Wildman–Crippen LogP) is 1.38. The van der Waals surface area contributed by atoms with Crippen LogP contribution in [0.5, 0.6) is 0 Å². The van der Waals surface area contributed by atoms with Crippen LogP contribution in [0.2, 0.25) is 0 Å². The first-order valence-corrected chi connectivity index (χ1v) is 6.61. The molecule has 0 saturated heterocycles. The predicted molar refractivity (Wildman–Crippen MR) is 71.3 cm³/mol. The second kappa shape index (κ2) is 5.56. The summed E-state index contributed by atoms with van der Waals surface area (Å²) in [6.07, 6.45) is 3.86. The maximum absolute atomic E-state index is 11.2. The van der Waals surface area contributed by atoms with Gasteiger partial charge in [-0.05, 0) is 32.6 Å². The summed E-state index contributed by atoms with van der Waals surface area (Å²) in [6, 6.07) is 0.333. The van der Waals surface area contributed by atoms with Crippen molar-refractivity contribution in [2.75, 3.05) is 18.1 Å². The molecule has 2 rings (SSSR count). The highest BCUT2D eigenvalue weighted by atomic mass is 16.6. The summed E-state index contributed by atoms with van der Waals surface area (Å²) in [7, 11) is 1.74. The molecule has 1 N–H and O–H groups in total. The number of anilines is 1. The Hall–Kier alpha value is -1.63. The minimum Gasteiger partial charge on any atom is -0.396 e. The van der Waals surface area contributed by atoms with Gasteiger partial charge >= 0.3 is 5.69 Å². The Labute approximate surface area is 112 Å². The second-order valence-electron chi connectivity index (χ2n) is 4.99. The molecule has 1 fully saturated rings. The maximum atomic E-state index is 11.2. The molecular formula is C12H20N4O3. The van der Waals surface area contributed by atoms with Gasteiger partial charge in [-0.2, -0.15) is 5.10 Å². The molecule has 7 heteroatoms. The Kier molecular flexibility index (Phi) is 4.04. The number of nitro groups is 1. The van der Waals surface area contributed by atoms with E-state index in [1.165, 1.54) is 0 Å². The van der Waals surface area contributed by atoms with Crippen LogP contribution in [-0.4, -0.2) is 39.0 Å². The van der Waals surface area contributed by atoms with Gasteiger partial charge in [-0.3, -0.25) is 10.1 Å². The number of aryl methyl sites for hydroxylation is 2.